The van der Waals surface area contributed by atoms with Gasteiger partial charge in [-0.3, -0.25) is 9.89 Å². The predicted octanol–water partition coefficient (Wildman–Crippen LogP) is 0.232. The molecule has 2 heterocycles. The number of piperazine rings is 1. The van der Waals surface area contributed by atoms with Crippen LogP contribution in [0.1, 0.15) is 24.2 Å². The van der Waals surface area contributed by atoms with E-state index in [4.69, 9.17) is 0 Å². The topological polar surface area (TPSA) is 61.0 Å². The van der Waals surface area contributed by atoms with Crippen LogP contribution in [0, 0.1) is 0 Å². The zero-order valence-electron chi connectivity index (χ0n) is 9.03. The van der Waals surface area contributed by atoms with Gasteiger partial charge in [0.1, 0.15) is 0 Å². The summed E-state index contributed by atoms with van der Waals surface area (Å²) in [6, 6.07) is 0.703. The van der Waals surface area contributed by atoms with E-state index in [2.05, 4.69) is 29.4 Å². The third kappa shape index (κ3) is 2.18. The van der Waals surface area contributed by atoms with Crippen molar-refractivity contribution in [1.29, 1.82) is 0 Å². The number of hydrogen-bond donors (Lipinski definition) is 2. The molecule has 1 fully saturated rings. The molecule has 1 aromatic rings. The third-order valence-corrected chi connectivity index (χ3v) is 2.59. The number of rotatable bonds is 1. The van der Waals surface area contributed by atoms with Crippen LogP contribution >= 0.6 is 0 Å². The lowest BCUT2D eigenvalue weighted by Gasteiger charge is -2.35. The molecule has 1 aromatic heterocycles. The first-order valence-corrected chi connectivity index (χ1v) is 5.21. The Morgan fingerprint density at radius 2 is 2.13 bits per heavy atom. The standard InChI is InChI=1S/C10H16N4O/c1-7-5-14(6-8(2)13-7)10(15)9-3-11-12-4-9/h3-4,7-8,13H,5-6H2,1-2H3,(H,11,12). The number of aromatic amines is 1. The molecule has 1 saturated heterocycles. The summed E-state index contributed by atoms with van der Waals surface area (Å²) in [5.74, 6) is 0.0592. The molecule has 5 heteroatoms. The summed E-state index contributed by atoms with van der Waals surface area (Å²) in [4.78, 5) is 13.9. The minimum atomic E-state index is 0.0592. The average molecular weight is 208 g/mol. The van der Waals surface area contributed by atoms with E-state index in [0.717, 1.165) is 13.1 Å². The van der Waals surface area contributed by atoms with Gasteiger partial charge in [0.2, 0.25) is 0 Å². The molecule has 1 aliphatic rings. The van der Waals surface area contributed by atoms with Gasteiger partial charge >= 0.3 is 0 Å². The molecule has 1 amide bonds. The number of carbonyl (C=O) groups excluding carboxylic acids is 1. The minimum Gasteiger partial charge on any atom is -0.335 e. The van der Waals surface area contributed by atoms with Gasteiger partial charge in [0.25, 0.3) is 5.91 Å². The first kappa shape index (κ1) is 10.2. The molecule has 2 atom stereocenters. The maximum Gasteiger partial charge on any atom is 0.257 e. The molecule has 0 radical (unpaired) electrons. The van der Waals surface area contributed by atoms with Gasteiger partial charge in [-0.15, -0.1) is 0 Å². The van der Waals surface area contributed by atoms with Crippen molar-refractivity contribution in [2.45, 2.75) is 25.9 Å². The van der Waals surface area contributed by atoms with Crippen molar-refractivity contribution in [3.8, 4) is 0 Å². The molecule has 5 nitrogen and oxygen atoms in total. The van der Waals surface area contributed by atoms with E-state index >= 15 is 0 Å². The molecule has 2 rings (SSSR count). The zero-order chi connectivity index (χ0) is 10.8. The van der Waals surface area contributed by atoms with E-state index in [0.29, 0.717) is 17.6 Å². The number of H-pyrrole nitrogens is 1. The maximum atomic E-state index is 12.0. The van der Waals surface area contributed by atoms with Crippen molar-refractivity contribution in [3.05, 3.63) is 18.0 Å². The van der Waals surface area contributed by atoms with Crippen molar-refractivity contribution >= 4 is 5.91 Å². The number of nitrogens with zero attached hydrogens (tertiary/aromatic N) is 2. The Morgan fingerprint density at radius 3 is 2.67 bits per heavy atom. The Morgan fingerprint density at radius 1 is 1.47 bits per heavy atom. The molecule has 1 aliphatic heterocycles. The van der Waals surface area contributed by atoms with Gasteiger partial charge in [0.15, 0.2) is 0 Å². The molecule has 0 bridgehead atoms. The van der Waals surface area contributed by atoms with Crippen molar-refractivity contribution in [2.24, 2.45) is 0 Å². The molecule has 0 aromatic carbocycles. The first-order valence-electron chi connectivity index (χ1n) is 5.21. The highest BCUT2D eigenvalue weighted by Gasteiger charge is 2.25. The van der Waals surface area contributed by atoms with Crippen LogP contribution in [-0.2, 0) is 0 Å². The second-order valence-electron chi connectivity index (χ2n) is 4.17. The Labute approximate surface area is 88.8 Å². The van der Waals surface area contributed by atoms with Crippen molar-refractivity contribution in [1.82, 2.24) is 20.4 Å². The van der Waals surface area contributed by atoms with E-state index in [-0.39, 0.29) is 5.91 Å². The van der Waals surface area contributed by atoms with Crippen LogP contribution in [0.25, 0.3) is 0 Å². The van der Waals surface area contributed by atoms with Gasteiger partial charge < -0.3 is 10.2 Å². The summed E-state index contributed by atoms with van der Waals surface area (Å²) in [5, 5.41) is 9.84. The first-order chi connectivity index (χ1) is 7.16. The fourth-order valence-corrected chi connectivity index (χ4v) is 2.04. The summed E-state index contributed by atoms with van der Waals surface area (Å²) < 4.78 is 0. The Bertz CT molecular complexity index is 325. The number of nitrogens with one attached hydrogen (secondary N) is 2. The SMILES string of the molecule is CC1CN(C(=O)c2cn[nH]c2)CC(C)N1. The van der Waals surface area contributed by atoms with Crippen LogP contribution in [-0.4, -0.2) is 46.2 Å². The highest BCUT2D eigenvalue weighted by Crippen LogP contribution is 2.08. The van der Waals surface area contributed by atoms with Gasteiger partial charge in [-0.05, 0) is 13.8 Å². The number of amides is 1. The third-order valence-electron chi connectivity index (χ3n) is 2.59. The molecule has 0 saturated carbocycles. The lowest BCUT2D eigenvalue weighted by molar-refractivity contribution is 0.0674. The molecule has 0 aliphatic carbocycles. The van der Waals surface area contributed by atoms with Crippen LogP contribution in [0.15, 0.2) is 12.4 Å². The van der Waals surface area contributed by atoms with Crippen LogP contribution < -0.4 is 5.32 Å². The largest absolute Gasteiger partial charge is 0.335 e. The number of hydrogen-bond acceptors (Lipinski definition) is 3. The highest BCUT2D eigenvalue weighted by atomic mass is 16.2. The predicted molar refractivity (Wildman–Crippen MR) is 56.6 cm³/mol. The van der Waals surface area contributed by atoms with Crippen LogP contribution in [0.3, 0.4) is 0 Å². The van der Waals surface area contributed by atoms with Crippen molar-refractivity contribution in [3.63, 3.8) is 0 Å². The summed E-state index contributed by atoms with van der Waals surface area (Å²) in [7, 11) is 0. The monoisotopic (exact) mass is 208 g/mol. The molecule has 2 unspecified atom stereocenters. The molecule has 15 heavy (non-hydrogen) atoms. The fourth-order valence-electron chi connectivity index (χ4n) is 2.04. The summed E-state index contributed by atoms with van der Waals surface area (Å²) in [6.07, 6.45) is 3.21. The smallest absolute Gasteiger partial charge is 0.257 e. The van der Waals surface area contributed by atoms with Gasteiger partial charge in [-0.2, -0.15) is 5.10 Å². The van der Waals surface area contributed by atoms with E-state index in [9.17, 15) is 4.79 Å². The fraction of sp³-hybridized carbons (Fsp3) is 0.600. The van der Waals surface area contributed by atoms with E-state index in [1.54, 1.807) is 12.4 Å². The molecule has 82 valence electrons. The molecule has 2 N–H and O–H groups in total. The zero-order valence-corrected chi connectivity index (χ0v) is 9.03. The van der Waals surface area contributed by atoms with Gasteiger partial charge in [0.05, 0.1) is 11.8 Å². The van der Waals surface area contributed by atoms with E-state index < -0.39 is 0 Å². The second kappa shape index (κ2) is 4.02. The maximum absolute atomic E-state index is 12.0. The molecular formula is C10H16N4O. The Hall–Kier alpha value is -1.36. The lowest BCUT2D eigenvalue weighted by atomic mass is 10.1. The summed E-state index contributed by atoms with van der Waals surface area (Å²) in [6.45, 7) is 5.69. The van der Waals surface area contributed by atoms with Gasteiger partial charge in [0, 0.05) is 31.4 Å². The highest BCUT2D eigenvalue weighted by molar-refractivity contribution is 5.93. The number of aromatic nitrogens is 2. The minimum absolute atomic E-state index is 0.0592. The second-order valence-corrected chi connectivity index (χ2v) is 4.17. The summed E-state index contributed by atoms with van der Waals surface area (Å²) >= 11 is 0. The van der Waals surface area contributed by atoms with Crippen molar-refractivity contribution in [2.75, 3.05) is 13.1 Å². The quantitative estimate of drug-likeness (QED) is 0.694. The van der Waals surface area contributed by atoms with Crippen LogP contribution in [0.2, 0.25) is 0 Å². The Balaban J connectivity index is 2.07. The van der Waals surface area contributed by atoms with Gasteiger partial charge in [-0.25, -0.2) is 0 Å². The number of carbonyl (C=O) groups is 1. The van der Waals surface area contributed by atoms with E-state index in [1.165, 1.54) is 0 Å². The summed E-state index contributed by atoms with van der Waals surface area (Å²) in [5.41, 5.74) is 0.635. The average Bonchev–Trinajstić information content (AvgIpc) is 2.67. The van der Waals surface area contributed by atoms with E-state index in [1.807, 2.05) is 4.90 Å². The molecular weight excluding hydrogens is 192 g/mol. The molecule has 0 spiro atoms. The van der Waals surface area contributed by atoms with Crippen molar-refractivity contribution < 1.29 is 4.79 Å². The van der Waals surface area contributed by atoms with Crippen LogP contribution in [0.5, 0.6) is 0 Å². The normalized spacial score (nSPS) is 26.7. The van der Waals surface area contributed by atoms with Crippen LogP contribution in [0.4, 0.5) is 0 Å². The Kier molecular flexibility index (Phi) is 2.73. The lowest BCUT2D eigenvalue weighted by Crippen LogP contribution is -2.55. The van der Waals surface area contributed by atoms with Gasteiger partial charge in [-0.1, -0.05) is 0 Å².